The summed E-state index contributed by atoms with van der Waals surface area (Å²) in [5.74, 6) is 0.794. The summed E-state index contributed by atoms with van der Waals surface area (Å²) in [6, 6.07) is 23.4. The molecule has 4 rings (SSSR count). The van der Waals surface area contributed by atoms with Crippen LogP contribution in [0.1, 0.15) is 36.9 Å². The number of aromatic nitrogens is 1. The minimum atomic E-state index is 0. The van der Waals surface area contributed by atoms with Crippen molar-refractivity contribution < 1.29 is 0 Å². The van der Waals surface area contributed by atoms with E-state index in [2.05, 4.69) is 81.0 Å². The average molecular weight is 541 g/mol. The summed E-state index contributed by atoms with van der Waals surface area (Å²) in [5, 5.41) is 6.97. The van der Waals surface area contributed by atoms with E-state index in [9.17, 15) is 0 Å². The zero-order chi connectivity index (χ0) is 21.5. The normalized spacial score (nSPS) is 14.6. The zero-order valence-electron chi connectivity index (χ0n) is 18.8. The van der Waals surface area contributed by atoms with Crippen molar-refractivity contribution >= 4 is 35.6 Å². The zero-order valence-corrected chi connectivity index (χ0v) is 21.1. The number of hydrogen-bond acceptors (Lipinski definition) is 3. The van der Waals surface area contributed by atoms with Gasteiger partial charge in [0.15, 0.2) is 5.96 Å². The first-order valence-corrected chi connectivity index (χ1v) is 11.1. The van der Waals surface area contributed by atoms with E-state index in [1.807, 2.05) is 31.4 Å². The summed E-state index contributed by atoms with van der Waals surface area (Å²) in [6.45, 7) is 5.19. The minimum Gasteiger partial charge on any atom is -0.372 e. The predicted octanol–water partition coefficient (Wildman–Crippen LogP) is 5.39. The number of nitrogens with zero attached hydrogens (tertiary/aromatic N) is 3. The molecule has 1 unspecified atom stereocenters. The maximum atomic E-state index is 4.45. The van der Waals surface area contributed by atoms with E-state index in [-0.39, 0.29) is 30.0 Å². The molecule has 2 heterocycles. The predicted molar refractivity (Wildman–Crippen MR) is 145 cm³/mol. The molecule has 5 nitrogen and oxygen atoms in total. The van der Waals surface area contributed by atoms with Crippen LogP contribution in [-0.2, 0) is 6.54 Å². The summed E-state index contributed by atoms with van der Waals surface area (Å²) in [7, 11) is 1.81. The lowest BCUT2D eigenvalue weighted by atomic mass is 10.1. The van der Waals surface area contributed by atoms with E-state index in [4.69, 9.17) is 0 Å². The highest BCUT2D eigenvalue weighted by molar-refractivity contribution is 14.0. The molecule has 1 aliphatic heterocycles. The minimum absolute atomic E-state index is 0. The van der Waals surface area contributed by atoms with Gasteiger partial charge in [0.2, 0.25) is 0 Å². The van der Waals surface area contributed by atoms with E-state index in [1.54, 1.807) is 0 Å². The Balaban J connectivity index is 0.00000289. The molecule has 0 aliphatic carbocycles. The lowest BCUT2D eigenvalue weighted by molar-refractivity contribution is 0.685. The van der Waals surface area contributed by atoms with Crippen LogP contribution in [0.2, 0.25) is 0 Å². The highest BCUT2D eigenvalue weighted by Gasteiger charge is 2.14. The van der Waals surface area contributed by atoms with Crippen LogP contribution in [0.4, 0.5) is 5.69 Å². The number of pyridine rings is 1. The third-order valence-electron chi connectivity index (χ3n) is 5.77. The summed E-state index contributed by atoms with van der Waals surface area (Å²) in [5.41, 5.74) is 5.88. The molecule has 0 spiro atoms. The van der Waals surface area contributed by atoms with E-state index in [1.165, 1.54) is 29.7 Å². The van der Waals surface area contributed by atoms with Crippen molar-refractivity contribution in [2.75, 3.05) is 25.0 Å². The Kier molecular flexibility index (Phi) is 8.90. The standard InChI is InChI=1S/C26H31N5.HI/c1-20(22-10-8-12-24(18-22)31-15-5-6-16-31)30-26(27-2)29-19-21-9-7-11-23(17-21)25-13-3-4-14-28-25;/h3-4,7-14,17-18,20H,5-6,15-16,19H2,1-2H3,(H2,27,29,30);1H. The maximum absolute atomic E-state index is 4.45. The van der Waals surface area contributed by atoms with Crippen LogP contribution in [0.5, 0.6) is 0 Å². The smallest absolute Gasteiger partial charge is 0.191 e. The molecule has 1 saturated heterocycles. The number of aliphatic imine (C=N–C) groups is 1. The first kappa shape index (κ1) is 24.0. The van der Waals surface area contributed by atoms with Crippen LogP contribution in [0.25, 0.3) is 11.3 Å². The van der Waals surface area contributed by atoms with Crippen LogP contribution in [0.15, 0.2) is 77.9 Å². The number of rotatable bonds is 6. The summed E-state index contributed by atoms with van der Waals surface area (Å²) >= 11 is 0. The molecular formula is C26H32IN5. The molecule has 32 heavy (non-hydrogen) atoms. The summed E-state index contributed by atoms with van der Waals surface area (Å²) in [4.78, 5) is 11.3. The van der Waals surface area contributed by atoms with Crippen molar-refractivity contribution in [3.63, 3.8) is 0 Å². The average Bonchev–Trinajstić information content (AvgIpc) is 3.37. The van der Waals surface area contributed by atoms with Gasteiger partial charge in [0.05, 0.1) is 11.7 Å². The van der Waals surface area contributed by atoms with Crippen LogP contribution >= 0.6 is 24.0 Å². The van der Waals surface area contributed by atoms with Crippen molar-refractivity contribution in [2.24, 2.45) is 4.99 Å². The Morgan fingerprint density at radius 3 is 2.59 bits per heavy atom. The number of halogens is 1. The molecule has 2 N–H and O–H groups in total. The lowest BCUT2D eigenvalue weighted by Crippen LogP contribution is -2.38. The van der Waals surface area contributed by atoms with Gasteiger partial charge < -0.3 is 15.5 Å². The van der Waals surface area contributed by atoms with E-state index in [0.717, 1.165) is 30.3 Å². The Labute approximate surface area is 208 Å². The van der Waals surface area contributed by atoms with Gasteiger partial charge in [-0.15, -0.1) is 24.0 Å². The Morgan fingerprint density at radius 2 is 1.84 bits per heavy atom. The largest absolute Gasteiger partial charge is 0.372 e. The van der Waals surface area contributed by atoms with E-state index in [0.29, 0.717) is 6.54 Å². The second-order valence-corrected chi connectivity index (χ2v) is 8.00. The Hall–Kier alpha value is -2.61. The Morgan fingerprint density at radius 1 is 1.03 bits per heavy atom. The van der Waals surface area contributed by atoms with Crippen LogP contribution < -0.4 is 15.5 Å². The molecular weight excluding hydrogens is 509 g/mol. The number of nitrogens with one attached hydrogen (secondary N) is 2. The molecule has 0 radical (unpaired) electrons. The number of anilines is 1. The molecule has 1 aromatic heterocycles. The number of hydrogen-bond donors (Lipinski definition) is 2. The van der Waals surface area contributed by atoms with E-state index >= 15 is 0 Å². The lowest BCUT2D eigenvalue weighted by Gasteiger charge is -2.22. The SMILES string of the molecule is CN=C(NCc1cccc(-c2ccccn2)c1)NC(C)c1cccc(N2CCCC2)c1.I. The molecule has 6 heteroatoms. The van der Waals surface area contributed by atoms with Gasteiger partial charge in [0.25, 0.3) is 0 Å². The first-order valence-electron chi connectivity index (χ1n) is 11.1. The topological polar surface area (TPSA) is 52.6 Å². The van der Waals surface area contributed by atoms with Crippen molar-refractivity contribution in [2.45, 2.75) is 32.4 Å². The number of benzene rings is 2. The molecule has 2 aromatic carbocycles. The summed E-state index contributed by atoms with van der Waals surface area (Å²) in [6.07, 6.45) is 4.40. The molecule has 0 amide bonds. The summed E-state index contributed by atoms with van der Waals surface area (Å²) < 4.78 is 0. The molecule has 1 fully saturated rings. The fourth-order valence-corrected chi connectivity index (χ4v) is 4.01. The highest BCUT2D eigenvalue weighted by Crippen LogP contribution is 2.24. The van der Waals surface area contributed by atoms with Gasteiger partial charge in [-0.3, -0.25) is 9.98 Å². The van der Waals surface area contributed by atoms with Gasteiger partial charge in [-0.1, -0.05) is 36.4 Å². The highest BCUT2D eigenvalue weighted by atomic mass is 127. The molecule has 3 aromatic rings. The third-order valence-corrected chi connectivity index (χ3v) is 5.77. The molecule has 1 atom stereocenters. The second-order valence-electron chi connectivity index (χ2n) is 8.00. The van der Waals surface area contributed by atoms with Crippen molar-refractivity contribution in [1.29, 1.82) is 0 Å². The third kappa shape index (κ3) is 6.22. The quantitative estimate of drug-likeness (QED) is 0.250. The molecule has 1 aliphatic rings. The second kappa shape index (κ2) is 11.9. The fraction of sp³-hybridized carbons (Fsp3) is 0.308. The fourth-order valence-electron chi connectivity index (χ4n) is 4.01. The van der Waals surface area contributed by atoms with Crippen molar-refractivity contribution in [3.05, 3.63) is 84.1 Å². The molecule has 0 saturated carbocycles. The van der Waals surface area contributed by atoms with Gasteiger partial charge in [0, 0.05) is 44.1 Å². The Bertz CT molecular complexity index is 1020. The maximum Gasteiger partial charge on any atom is 0.191 e. The van der Waals surface area contributed by atoms with Crippen LogP contribution in [-0.4, -0.2) is 31.1 Å². The van der Waals surface area contributed by atoms with Gasteiger partial charge in [0.1, 0.15) is 0 Å². The van der Waals surface area contributed by atoms with Crippen LogP contribution in [0, 0.1) is 0 Å². The molecule has 168 valence electrons. The van der Waals surface area contributed by atoms with Gasteiger partial charge in [-0.25, -0.2) is 0 Å². The van der Waals surface area contributed by atoms with Gasteiger partial charge in [-0.2, -0.15) is 0 Å². The monoisotopic (exact) mass is 541 g/mol. The van der Waals surface area contributed by atoms with E-state index < -0.39 is 0 Å². The van der Waals surface area contributed by atoms with Crippen LogP contribution in [0.3, 0.4) is 0 Å². The van der Waals surface area contributed by atoms with Crippen molar-refractivity contribution in [3.8, 4) is 11.3 Å². The van der Waals surface area contributed by atoms with Gasteiger partial charge >= 0.3 is 0 Å². The number of guanidine groups is 1. The van der Waals surface area contributed by atoms with Crippen molar-refractivity contribution in [1.82, 2.24) is 15.6 Å². The first-order chi connectivity index (χ1) is 15.2. The molecule has 0 bridgehead atoms. The van der Waals surface area contributed by atoms with Gasteiger partial charge in [-0.05, 0) is 61.2 Å².